The largest absolute Gasteiger partial charge is 0.292 e. The number of fused-ring (bicyclic) bond motifs is 3. The van der Waals surface area contributed by atoms with E-state index in [0.717, 1.165) is 29.8 Å². The predicted octanol–water partition coefficient (Wildman–Crippen LogP) is 4.14. The third kappa shape index (κ3) is 2.76. The van der Waals surface area contributed by atoms with Gasteiger partial charge in [0.05, 0.1) is 33.6 Å². The zero-order chi connectivity index (χ0) is 21.2. The quantitative estimate of drug-likeness (QED) is 0.529. The summed E-state index contributed by atoms with van der Waals surface area (Å²) in [6, 6.07) is 11.5. The number of Topliss-reactive ketones (excluding diaryl/α,β-unsaturated/α-hetero) is 1. The van der Waals surface area contributed by atoms with Crippen molar-refractivity contribution in [1.82, 2.24) is 4.90 Å². The highest BCUT2D eigenvalue weighted by Gasteiger charge is 2.64. The first-order valence-corrected chi connectivity index (χ1v) is 10.8. The number of ketones is 1. The molecule has 0 aromatic heterocycles. The van der Waals surface area contributed by atoms with Crippen LogP contribution in [0.4, 0.5) is 5.69 Å². The van der Waals surface area contributed by atoms with Crippen molar-refractivity contribution in [3.8, 4) is 0 Å². The minimum absolute atomic E-state index is 0.102. The van der Waals surface area contributed by atoms with Crippen LogP contribution in [0.15, 0.2) is 42.5 Å². The van der Waals surface area contributed by atoms with Crippen LogP contribution in [0.3, 0.4) is 0 Å². The summed E-state index contributed by atoms with van der Waals surface area (Å²) in [7, 11) is 0. The first-order chi connectivity index (χ1) is 14.4. The fourth-order valence-electron chi connectivity index (χ4n) is 5.31. The molecule has 3 heterocycles. The molecule has 3 fully saturated rings. The Morgan fingerprint density at radius 3 is 2.43 bits per heavy atom. The second kappa shape index (κ2) is 7.19. The molecule has 30 heavy (non-hydrogen) atoms. The molecule has 0 saturated carbocycles. The van der Waals surface area contributed by atoms with Gasteiger partial charge in [-0.3, -0.25) is 19.3 Å². The number of carbonyl (C=O) groups excluding carboxylic acids is 3. The Morgan fingerprint density at radius 1 is 1.00 bits per heavy atom. The van der Waals surface area contributed by atoms with Gasteiger partial charge in [-0.05, 0) is 38.4 Å². The minimum Gasteiger partial charge on any atom is -0.292 e. The third-order valence-electron chi connectivity index (χ3n) is 6.63. The third-order valence-corrected chi connectivity index (χ3v) is 7.44. The minimum atomic E-state index is -0.702. The molecule has 0 aliphatic carbocycles. The maximum absolute atomic E-state index is 13.5. The molecule has 5 rings (SSSR count). The molecule has 5 nitrogen and oxygen atoms in total. The second-order valence-electron chi connectivity index (χ2n) is 8.26. The summed E-state index contributed by atoms with van der Waals surface area (Å²) >= 11 is 12.5. The van der Waals surface area contributed by atoms with E-state index in [4.69, 9.17) is 23.2 Å². The van der Waals surface area contributed by atoms with Crippen molar-refractivity contribution >= 4 is 46.5 Å². The SMILES string of the molecule is Cc1ccc(C(=O)[C@@H]2[C@H]3C(=O)N(c4cccc(Cl)c4Cl)C(=O)[C@@H]3[C@H]3CCCN32)cc1. The number of nitrogens with zero attached hydrogens (tertiary/aromatic N) is 2. The number of amides is 2. The van der Waals surface area contributed by atoms with Crippen LogP contribution in [0.2, 0.25) is 10.0 Å². The van der Waals surface area contributed by atoms with Crippen molar-refractivity contribution in [2.75, 3.05) is 11.4 Å². The monoisotopic (exact) mass is 442 g/mol. The van der Waals surface area contributed by atoms with E-state index in [9.17, 15) is 14.4 Å². The van der Waals surface area contributed by atoms with Gasteiger partial charge in [0, 0.05) is 11.6 Å². The highest BCUT2D eigenvalue weighted by molar-refractivity contribution is 6.45. The van der Waals surface area contributed by atoms with E-state index in [1.165, 1.54) is 0 Å². The van der Waals surface area contributed by atoms with Gasteiger partial charge >= 0.3 is 0 Å². The number of anilines is 1. The average molecular weight is 443 g/mol. The van der Waals surface area contributed by atoms with Gasteiger partial charge in [-0.15, -0.1) is 0 Å². The zero-order valence-electron chi connectivity index (χ0n) is 16.3. The maximum atomic E-state index is 13.5. The Labute approximate surface area is 184 Å². The van der Waals surface area contributed by atoms with Gasteiger partial charge in [0.25, 0.3) is 0 Å². The van der Waals surface area contributed by atoms with E-state index in [0.29, 0.717) is 11.3 Å². The second-order valence-corrected chi connectivity index (χ2v) is 9.04. The van der Waals surface area contributed by atoms with Crippen LogP contribution in [0, 0.1) is 18.8 Å². The molecule has 3 aliphatic heterocycles. The Balaban J connectivity index is 1.57. The molecule has 3 aliphatic rings. The summed E-state index contributed by atoms with van der Waals surface area (Å²) < 4.78 is 0. The van der Waals surface area contributed by atoms with E-state index in [1.54, 1.807) is 30.3 Å². The van der Waals surface area contributed by atoms with Gasteiger partial charge in [0.15, 0.2) is 5.78 Å². The molecule has 154 valence electrons. The topological polar surface area (TPSA) is 57.7 Å². The molecule has 2 amide bonds. The molecule has 2 aromatic carbocycles. The summed E-state index contributed by atoms with van der Waals surface area (Å²) in [6.45, 7) is 2.68. The summed E-state index contributed by atoms with van der Waals surface area (Å²) in [5.74, 6) is -1.99. The number of hydrogen-bond donors (Lipinski definition) is 0. The fraction of sp³-hybridized carbons (Fsp3) is 0.348. The lowest BCUT2D eigenvalue weighted by molar-refractivity contribution is -0.123. The van der Waals surface area contributed by atoms with E-state index < -0.39 is 17.9 Å². The van der Waals surface area contributed by atoms with Crippen molar-refractivity contribution in [2.45, 2.75) is 31.8 Å². The van der Waals surface area contributed by atoms with Gasteiger partial charge in [-0.25, -0.2) is 4.90 Å². The highest BCUT2D eigenvalue weighted by Crippen LogP contribution is 2.49. The molecular formula is C23H20Cl2N2O3. The fourth-order valence-corrected chi connectivity index (χ4v) is 5.69. The Bertz CT molecular complexity index is 1070. The van der Waals surface area contributed by atoms with Gasteiger partial charge < -0.3 is 0 Å². The van der Waals surface area contributed by atoms with Crippen molar-refractivity contribution in [3.63, 3.8) is 0 Å². The maximum Gasteiger partial charge on any atom is 0.239 e. The van der Waals surface area contributed by atoms with Crippen molar-refractivity contribution < 1.29 is 14.4 Å². The smallest absolute Gasteiger partial charge is 0.239 e. The van der Waals surface area contributed by atoms with E-state index in [2.05, 4.69) is 4.90 Å². The van der Waals surface area contributed by atoms with Crippen LogP contribution in [0.1, 0.15) is 28.8 Å². The van der Waals surface area contributed by atoms with E-state index in [-0.39, 0.29) is 33.7 Å². The van der Waals surface area contributed by atoms with Gasteiger partial charge in [-0.2, -0.15) is 0 Å². The number of hydrogen-bond acceptors (Lipinski definition) is 4. The summed E-state index contributed by atoms with van der Waals surface area (Å²) in [5.41, 5.74) is 1.92. The number of aryl methyl sites for hydroxylation is 1. The molecule has 0 radical (unpaired) electrons. The van der Waals surface area contributed by atoms with Crippen molar-refractivity contribution in [3.05, 3.63) is 63.6 Å². The number of rotatable bonds is 3. The molecule has 0 bridgehead atoms. The van der Waals surface area contributed by atoms with E-state index in [1.807, 2.05) is 19.1 Å². The summed E-state index contributed by atoms with van der Waals surface area (Å²) in [5, 5.41) is 0.451. The first-order valence-electron chi connectivity index (χ1n) is 10.1. The van der Waals surface area contributed by atoms with Gasteiger partial charge in [-0.1, -0.05) is 59.1 Å². The molecule has 0 N–H and O–H groups in total. The summed E-state index contributed by atoms with van der Waals surface area (Å²) in [6.07, 6.45) is 1.71. The number of halogens is 2. The van der Waals surface area contributed by atoms with Crippen LogP contribution < -0.4 is 4.90 Å². The van der Waals surface area contributed by atoms with Crippen LogP contribution in [0.5, 0.6) is 0 Å². The standard InChI is InChI=1S/C23H20Cl2N2O3/c1-12-7-9-13(10-8-12)21(28)20-18-17(15-6-3-11-26(15)20)22(29)27(23(18)30)16-5-2-4-14(24)19(16)25/h2,4-5,7-10,15,17-18,20H,3,6,11H2,1H3/t15-,17-,18+,20+/m1/s1. The molecule has 3 saturated heterocycles. The number of carbonyl (C=O) groups is 3. The van der Waals surface area contributed by atoms with Crippen LogP contribution >= 0.6 is 23.2 Å². The first kappa shape index (κ1) is 19.7. The number of benzene rings is 2. The number of imide groups is 1. The zero-order valence-corrected chi connectivity index (χ0v) is 17.9. The lowest BCUT2D eigenvalue weighted by Gasteiger charge is -2.28. The predicted molar refractivity (Wildman–Crippen MR) is 115 cm³/mol. The lowest BCUT2D eigenvalue weighted by Crippen LogP contribution is -2.46. The highest BCUT2D eigenvalue weighted by atomic mass is 35.5. The molecule has 2 aromatic rings. The van der Waals surface area contributed by atoms with Crippen LogP contribution in [-0.2, 0) is 9.59 Å². The van der Waals surface area contributed by atoms with E-state index >= 15 is 0 Å². The average Bonchev–Trinajstić information content (AvgIpc) is 3.37. The molecule has 4 atom stereocenters. The Morgan fingerprint density at radius 2 is 1.70 bits per heavy atom. The Hall–Kier alpha value is -2.21. The molecule has 0 spiro atoms. The van der Waals surface area contributed by atoms with Gasteiger partial charge in [0.1, 0.15) is 0 Å². The van der Waals surface area contributed by atoms with Gasteiger partial charge in [0.2, 0.25) is 11.8 Å². The summed E-state index contributed by atoms with van der Waals surface area (Å²) in [4.78, 5) is 43.6. The molecule has 0 unspecified atom stereocenters. The lowest BCUT2D eigenvalue weighted by atomic mass is 9.85. The molecule has 7 heteroatoms. The van der Waals surface area contributed by atoms with Crippen molar-refractivity contribution in [2.24, 2.45) is 11.8 Å². The molecular weight excluding hydrogens is 423 g/mol. The van der Waals surface area contributed by atoms with Crippen LogP contribution in [-0.4, -0.2) is 41.1 Å². The van der Waals surface area contributed by atoms with Crippen LogP contribution in [0.25, 0.3) is 0 Å². The normalized spacial score (nSPS) is 28.2. The van der Waals surface area contributed by atoms with Crippen molar-refractivity contribution in [1.29, 1.82) is 0 Å². The Kier molecular flexibility index (Phi) is 4.73.